The van der Waals surface area contributed by atoms with Crippen molar-refractivity contribution in [2.24, 2.45) is 11.7 Å². The molecular weight excluding hydrogens is 286 g/mol. The smallest absolute Gasteiger partial charge is 0.308 e. The number of nitrogens with two attached hydrogens (primary N) is 1. The van der Waals surface area contributed by atoms with Gasteiger partial charge in [-0.3, -0.25) is 14.4 Å². The maximum Gasteiger partial charge on any atom is 0.308 e. The lowest BCUT2D eigenvalue weighted by Gasteiger charge is -2.20. The first-order valence-electron chi connectivity index (χ1n) is 6.60. The molecule has 2 amide bonds. The van der Waals surface area contributed by atoms with Gasteiger partial charge in [0.2, 0.25) is 5.91 Å². The number of carbonyl (C=O) groups is 3. The van der Waals surface area contributed by atoms with E-state index in [9.17, 15) is 14.4 Å². The molecule has 0 aliphatic carbocycles. The lowest BCUT2D eigenvalue weighted by Crippen LogP contribution is -2.48. The largest absolute Gasteiger partial charge is 0.427 e. The number of carbonyl (C=O) groups excluding carboxylic acids is 3. The number of esters is 1. The monoisotopic (exact) mass is 303 g/mol. The predicted octanol–water partition coefficient (Wildman–Crippen LogP) is 0.745. The van der Waals surface area contributed by atoms with Crippen LogP contribution in [0.25, 0.3) is 0 Å². The molecule has 0 saturated heterocycles. The van der Waals surface area contributed by atoms with Gasteiger partial charge < -0.3 is 15.8 Å². The Balaban J connectivity index is 2.88. The number of nitrogens with one attached hydrogen (secondary N) is 1. The maximum absolute atomic E-state index is 12.2. The van der Waals surface area contributed by atoms with Gasteiger partial charge in [0, 0.05) is 18.9 Å². The van der Waals surface area contributed by atoms with Gasteiger partial charge in [-0.25, -0.2) is 0 Å². The van der Waals surface area contributed by atoms with Crippen LogP contribution in [0, 0.1) is 17.2 Å². The number of nitrogens with zero attached hydrogens (tertiary/aromatic N) is 1. The molecule has 0 bridgehead atoms. The lowest BCUT2D eigenvalue weighted by molar-refractivity contribution is -0.131. The Hall–Kier alpha value is -2.88. The molecule has 0 heterocycles. The zero-order valence-corrected chi connectivity index (χ0v) is 12.3. The summed E-state index contributed by atoms with van der Waals surface area (Å²) in [5.74, 6) is -1.95. The number of hydrogen-bond donors (Lipinski definition) is 2. The summed E-state index contributed by atoms with van der Waals surface area (Å²) in [5.41, 5.74) is 5.47. The van der Waals surface area contributed by atoms with E-state index in [-0.39, 0.29) is 17.7 Å². The second-order valence-electron chi connectivity index (χ2n) is 4.81. The number of ether oxygens (including phenoxy) is 1. The van der Waals surface area contributed by atoms with E-state index in [2.05, 4.69) is 5.32 Å². The number of hydrogen-bond acceptors (Lipinski definition) is 5. The van der Waals surface area contributed by atoms with E-state index >= 15 is 0 Å². The van der Waals surface area contributed by atoms with Gasteiger partial charge >= 0.3 is 5.97 Å². The van der Waals surface area contributed by atoms with Gasteiger partial charge in [-0.2, -0.15) is 5.26 Å². The van der Waals surface area contributed by atoms with Crippen molar-refractivity contribution in [3.05, 3.63) is 29.8 Å². The van der Waals surface area contributed by atoms with Crippen molar-refractivity contribution in [2.45, 2.75) is 26.3 Å². The first-order valence-corrected chi connectivity index (χ1v) is 6.60. The van der Waals surface area contributed by atoms with Gasteiger partial charge in [0.1, 0.15) is 11.8 Å². The van der Waals surface area contributed by atoms with Crippen molar-refractivity contribution in [3.63, 3.8) is 0 Å². The summed E-state index contributed by atoms with van der Waals surface area (Å²) in [6.07, 6.45) is 0.0847. The van der Waals surface area contributed by atoms with E-state index < -0.39 is 29.7 Å². The number of benzene rings is 1. The van der Waals surface area contributed by atoms with Crippen LogP contribution in [0.5, 0.6) is 5.75 Å². The van der Waals surface area contributed by atoms with Crippen LogP contribution in [-0.4, -0.2) is 23.8 Å². The molecule has 22 heavy (non-hydrogen) atoms. The van der Waals surface area contributed by atoms with Crippen molar-refractivity contribution in [1.82, 2.24) is 5.32 Å². The summed E-state index contributed by atoms with van der Waals surface area (Å²) >= 11 is 0. The average molecular weight is 303 g/mol. The SMILES string of the molecule is CC(=O)Oc1cccc(C(=O)N[C@H](C(N)=O)[C@H](C)CC#N)c1. The molecule has 0 aliphatic heterocycles. The molecule has 7 nitrogen and oxygen atoms in total. The van der Waals surface area contributed by atoms with Crippen molar-refractivity contribution < 1.29 is 19.1 Å². The van der Waals surface area contributed by atoms with E-state index in [0.717, 1.165) is 0 Å². The van der Waals surface area contributed by atoms with Crippen LogP contribution in [0.3, 0.4) is 0 Å². The fraction of sp³-hybridized carbons (Fsp3) is 0.333. The first-order chi connectivity index (χ1) is 10.3. The fourth-order valence-corrected chi connectivity index (χ4v) is 1.85. The molecule has 0 unspecified atom stereocenters. The summed E-state index contributed by atoms with van der Waals surface area (Å²) in [4.78, 5) is 34.5. The van der Waals surface area contributed by atoms with E-state index in [0.29, 0.717) is 0 Å². The van der Waals surface area contributed by atoms with Crippen molar-refractivity contribution in [1.29, 1.82) is 5.26 Å². The van der Waals surface area contributed by atoms with E-state index in [1.807, 2.05) is 6.07 Å². The molecule has 2 atom stereocenters. The summed E-state index contributed by atoms with van der Waals surface area (Å²) in [6.45, 7) is 2.90. The molecule has 1 rings (SSSR count). The minimum absolute atomic E-state index is 0.0847. The lowest BCUT2D eigenvalue weighted by atomic mass is 9.98. The predicted molar refractivity (Wildman–Crippen MR) is 77.6 cm³/mol. The maximum atomic E-state index is 12.2. The highest BCUT2D eigenvalue weighted by atomic mass is 16.5. The summed E-state index contributed by atoms with van der Waals surface area (Å²) < 4.78 is 4.89. The second-order valence-corrected chi connectivity index (χ2v) is 4.81. The minimum Gasteiger partial charge on any atom is -0.427 e. The number of amides is 2. The molecule has 0 aliphatic rings. The van der Waals surface area contributed by atoms with Crippen LogP contribution in [0.1, 0.15) is 30.6 Å². The quantitative estimate of drug-likeness (QED) is 0.593. The molecule has 0 radical (unpaired) electrons. The highest BCUT2D eigenvalue weighted by Crippen LogP contribution is 2.15. The molecule has 3 N–H and O–H groups in total. The normalized spacial score (nSPS) is 12.6. The zero-order chi connectivity index (χ0) is 16.7. The van der Waals surface area contributed by atoms with Gasteiger partial charge in [0.15, 0.2) is 0 Å². The van der Waals surface area contributed by atoms with Crippen molar-refractivity contribution in [3.8, 4) is 11.8 Å². The van der Waals surface area contributed by atoms with Gasteiger partial charge in [0.25, 0.3) is 5.91 Å². The standard InChI is InChI=1S/C15H17N3O4/c1-9(6-7-16)13(14(17)20)18-15(21)11-4-3-5-12(8-11)22-10(2)19/h3-5,8-9,13H,6H2,1-2H3,(H2,17,20)(H,18,21)/t9-,13+/m1/s1. The Morgan fingerprint density at radius 1 is 1.41 bits per heavy atom. The van der Waals surface area contributed by atoms with Crippen LogP contribution >= 0.6 is 0 Å². The highest BCUT2D eigenvalue weighted by molar-refractivity contribution is 5.97. The van der Waals surface area contributed by atoms with Gasteiger partial charge in [-0.15, -0.1) is 0 Å². The van der Waals surface area contributed by atoms with Crippen LogP contribution in [0.15, 0.2) is 24.3 Å². The third-order valence-corrected chi connectivity index (χ3v) is 2.93. The summed E-state index contributed by atoms with van der Waals surface area (Å²) in [7, 11) is 0. The Morgan fingerprint density at radius 3 is 2.64 bits per heavy atom. The molecule has 7 heteroatoms. The van der Waals surface area contributed by atoms with Crippen molar-refractivity contribution in [2.75, 3.05) is 0 Å². The average Bonchev–Trinajstić information content (AvgIpc) is 2.43. The van der Waals surface area contributed by atoms with Crippen LogP contribution in [0.2, 0.25) is 0 Å². The van der Waals surface area contributed by atoms with Gasteiger partial charge in [-0.05, 0) is 24.1 Å². The van der Waals surface area contributed by atoms with Gasteiger partial charge in [0.05, 0.1) is 6.07 Å². The van der Waals surface area contributed by atoms with Crippen LogP contribution < -0.4 is 15.8 Å². The molecule has 0 aromatic heterocycles. The fourth-order valence-electron chi connectivity index (χ4n) is 1.85. The highest BCUT2D eigenvalue weighted by Gasteiger charge is 2.25. The Kier molecular flexibility index (Phi) is 6.08. The van der Waals surface area contributed by atoms with E-state index in [1.54, 1.807) is 13.0 Å². The molecular formula is C15H17N3O4. The second kappa shape index (κ2) is 7.78. The molecule has 1 aromatic carbocycles. The minimum atomic E-state index is -0.954. The number of primary amides is 1. The van der Waals surface area contributed by atoms with Crippen molar-refractivity contribution >= 4 is 17.8 Å². The van der Waals surface area contributed by atoms with Crippen LogP contribution in [0.4, 0.5) is 0 Å². The van der Waals surface area contributed by atoms with E-state index in [4.69, 9.17) is 15.7 Å². The Morgan fingerprint density at radius 2 is 2.09 bits per heavy atom. The topological polar surface area (TPSA) is 122 Å². The molecule has 1 aromatic rings. The number of nitriles is 1. The molecule has 0 spiro atoms. The van der Waals surface area contributed by atoms with Gasteiger partial charge in [-0.1, -0.05) is 13.0 Å². The molecule has 0 saturated carbocycles. The number of rotatable bonds is 6. The Bertz CT molecular complexity index is 621. The summed E-state index contributed by atoms with van der Waals surface area (Å²) in [5, 5.41) is 11.2. The third-order valence-electron chi connectivity index (χ3n) is 2.93. The first kappa shape index (κ1) is 17.2. The van der Waals surface area contributed by atoms with Crippen LogP contribution in [-0.2, 0) is 9.59 Å². The molecule has 0 fully saturated rings. The zero-order valence-electron chi connectivity index (χ0n) is 12.3. The molecule has 116 valence electrons. The summed E-state index contributed by atoms with van der Waals surface area (Å²) in [6, 6.07) is 6.94. The van der Waals surface area contributed by atoms with E-state index in [1.165, 1.54) is 25.1 Å². The third kappa shape index (κ3) is 4.90. The Labute approximate surface area is 128 Å².